The highest BCUT2D eigenvalue weighted by Crippen LogP contribution is 2.62. The lowest BCUT2D eigenvalue weighted by Crippen LogP contribution is -2.46. The second-order valence-corrected chi connectivity index (χ2v) is 8.67. The normalized spacial score (nSPS) is 33.2. The van der Waals surface area contributed by atoms with Gasteiger partial charge in [-0.05, 0) is 62.6 Å². The van der Waals surface area contributed by atoms with E-state index in [-0.39, 0.29) is 5.41 Å². The molecule has 0 amide bonds. The summed E-state index contributed by atoms with van der Waals surface area (Å²) in [5.41, 5.74) is 7.99. The van der Waals surface area contributed by atoms with Gasteiger partial charge in [0.25, 0.3) is 0 Å². The smallest absolute Gasteiger partial charge is 0.345 e. The van der Waals surface area contributed by atoms with Gasteiger partial charge in [0, 0.05) is 29.5 Å². The number of benzene rings is 1. The van der Waals surface area contributed by atoms with Gasteiger partial charge < -0.3 is 10.5 Å². The van der Waals surface area contributed by atoms with Crippen LogP contribution in [0.1, 0.15) is 55.2 Å². The summed E-state index contributed by atoms with van der Waals surface area (Å²) in [5, 5.41) is 1.52. The lowest BCUT2D eigenvalue weighted by Gasteiger charge is -2.45. The van der Waals surface area contributed by atoms with E-state index < -0.39 is 18.4 Å². The van der Waals surface area contributed by atoms with Gasteiger partial charge in [0.2, 0.25) is 11.7 Å². The predicted octanol–water partition coefficient (Wildman–Crippen LogP) is 3.52. The molecule has 1 unspecified atom stereocenters. The standard InChI is InChI=1S/C22H25F2N3O2/c1-27-20(25)26-22(29-27)18-12-15(5-4-14-2-3-14)6-7-16(18)13-21(22)10-8-17(9-11-21)28-19(23)24/h6-7,12,14,17,19H,2-3,8-11,13H2,1H3,(H2,25,26). The summed E-state index contributed by atoms with van der Waals surface area (Å²) in [6.45, 7) is -2.74. The van der Waals surface area contributed by atoms with Gasteiger partial charge in [-0.15, -0.1) is 0 Å². The Hall–Kier alpha value is -2.17. The maximum atomic E-state index is 12.7. The zero-order chi connectivity index (χ0) is 20.2. The van der Waals surface area contributed by atoms with Crippen LogP contribution < -0.4 is 5.73 Å². The molecule has 2 spiro atoms. The van der Waals surface area contributed by atoms with Crippen molar-refractivity contribution in [3.05, 3.63) is 34.9 Å². The summed E-state index contributed by atoms with van der Waals surface area (Å²) in [4.78, 5) is 11.1. The van der Waals surface area contributed by atoms with E-state index >= 15 is 0 Å². The third-order valence-corrected chi connectivity index (χ3v) is 6.77. The largest absolute Gasteiger partial charge is 0.368 e. The Morgan fingerprint density at radius 2 is 2.03 bits per heavy atom. The van der Waals surface area contributed by atoms with Gasteiger partial charge in [-0.3, -0.25) is 0 Å². The average Bonchev–Trinajstić information content (AvgIpc) is 3.42. The Bertz CT molecular complexity index is 910. The van der Waals surface area contributed by atoms with Crippen molar-refractivity contribution in [1.82, 2.24) is 5.06 Å². The van der Waals surface area contributed by atoms with E-state index in [2.05, 4.69) is 30.0 Å². The highest BCUT2D eigenvalue weighted by Gasteiger charge is 2.63. The number of nitrogens with zero attached hydrogens (tertiary/aromatic N) is 2. The van der Waals surface area contributed by atoms with Gasteiger partial charge in [-0.2, -0.15) is 8.78 Å². The third-order valence-electron chi connectivity index (χ3n) is 6.77. The van der Waals surface area contributed by atoms with E-state index in [0.29, 0.717) is 37.6 Å². The first-order valence-electron chi connectivity index (χ1n) is 10.3. The molecule has 1 aromatic rings. The molecule has 5 nitrogen and oxygen atoms in total. The van der Waals surface area contributed by atoms with Crippen LogP contribution in [0.5, 0.6) is 0 Å². The molecule has 1 aliphatic heterocycles. The van der Waals surface area contributed by atoms with E-state index in [1.807, 2.05) is 0 Å². The van der Waals surface area contributed by atoms with Gasteiger partial charge >= 0.3 is 6.61 Å². The number of aliphatic imine (C=N–C) groups is 1. The first-order chi connectivity index (χ1) is 13.9. The second-order valence-electron chi connectivity index (χ2n) is 8.67. The minimum Gasteiger partial charge on any atom is -0.368 e. The van der Waals surface area contributed by atoms with Crippen LogP contribution in [0.15, 0.2) is 23.2 Å². The van der Waals surface area contributed by atoms with Crippen LogP contribution in [-0.2, 0) is 21.7 Å². The minimum atomic E-state index is -2.74. The fraction of sp³-hybridized carbons (Fsp3) is 0.591. The molecule has 5 rings (SSSR count). The van der Waals surface area contributed by atoms with Gasteiger partial charge in [-0.25, -0.2) is 14.9 Å². The number of nitrogens with two attached hydrogens (primary N) is 1. The molecule has 1 atom stereocenters. The SMILES string of the molecule is CN1OC2(N=C1N)c1cc(C#CC3CC3)ccc1CC21CCC(OC(F)F)CC1. The van der Waals surface area contributed by atoms with Crippen LogP contribution in [0, 0.1) is 23.2 Å². The molecule has 154 valence electrons. The quantitative estimate of drug-likeness (QED) is 0.771. The highest BCUT2D eigenvalue weighted by atomic mass is 19.3. The molecule has 2 fully saturated rings. The summed E-state index contributed by atoms with van der Waals surface area (Å²) < 4.78 is 30.1. The number of alkyl halides is 2. The Morgan fingerprint density at radius 3 is 2.66 bits per heavy atom. The predicted molar refractivity (Wildman–Crippen MR) is 104 cm³/mol. The fourth-order valence-electron chi connectivity index (χ4n) is 5.07. The van der Waals surface area contributed by atoms with Gasteiger partial charge in [0.15, 0.2) is 0 Å². The number of hydroxylamine groups is 2. The molecular formula is C22H25F2N3O2. The van der Waals surface area contributed by atoms with Crippen molar-refractivity contribution in [2.75, 3.05) is 7.05 Å². The fourth-order valence-corrected chi connectivity index (χ4v) is 5.07. The van der Waals surface area contributed by atoms with Gasteiger partial charge in [0.05, 0.1) is 6.10 Å². The maximum absolute atomic E-state index is 12.7. The van der Waals surface area contributed by atoms with Crippen molar-refractivity contribution in [3.8, 4) is 11.8 Å². The van der Waals surface area contributed by atoms with E-state index in [1.165, 1.54) is 23.5 Å². The number of hydrogen-bond donors (Lipinski definition) is 1. The summed E-state index contributed by atoms with van der Waals surface area (Å²) in [6, 6.07) is 6.24. The lowest BCUT2D eigenvalue weighted by atomic mass is 9.66. The molecule has 1 aromatic carbocycles. The third kappa shape index (κ3) is 3.10. The zero-order valence-corrected chi connectivity index (χ0v) is 16.5. The van der Waals surface area contributed by atoms with E-state index in [4.69, 9.17) is 20.3 Å². The minimum absolute atomic E-state index is 0.324. The van der Waals surface area contributed by atoms with Gasteiger partial charge in [-0.1, -0.05) is 17.9 Å². The maximum Gasteiger partial charge on any atom is 0.345 e. The number of ether oxygens (including phenoxy) is 1. The van der Waals surface area contributed by atoms with E-state index in [9.17, 15) is 8.78 Å². The van der Waals surface area contributed by atoms with Crippen LogP contribution >= 0.6 is 0 Å². The molecule has 2 saturated carbocycles. The van der Waals surface area contributed by atoms with Crippen molar-refractivity contribution >= 4 is 5.96 Å². The molecule has 7 heteroatoms. The lowest BCUT2D eigenvalue weighted by molar-refractivity contribution is -0.239. The Morgan fingerprint density at radius 1 is 1.28 bits per heavy atom. The van der Waals surface area contributed by atoms with Crippen molar-refractivity contribution < 1.29 is 18.4 Å². The summed E-state index contributed by atoms with van der Waals surface area (Å²) in [7, 11) is 1.75. The molecule has 3 aliphatic carbocycles. The Labute approximate surface area is 169 Å². The zero-order valence-electron chi connectivity index (χ0n) is 16.5. The number of halogens is 2. The second kappa shape index (κ2) is 6.68. The summed E-state index contributed by atoms with van der Waals surface area (Å²) in [5.74, 6) is 7.44. The molecule has 2 N–H and O–H groups in total. The Kier molecular flexibility index (Phi) is 4.34. The average molecular weight is 401 g/mol. The Balaban J connectivity index is 1.51. The van der Waals surface area contributed by atoms with Crippen molar-refractivity contribution in [3.63, 3.8) is 0 Å². The van der Waals surface area contributed by atoms with Crippen molar-refractivity contribution in [2.24, 2.45) is 22.1 Å². The molecule has 29 heavy (non-hydrogen) atoms. The molecule has 0 saturated heterocycles. The first kappa shape index (κ1) is 18.8. The van der Waals surface area contributed by atoms with Crippen LogP contribution in [0.2, 0.25) is 0 Å². The van der Waals surface area contributed by atoms with Gasteiger partial charge in [0.1, 0.15) is 0 Å². The van der Waals surface area contributed by atoms with Crippen molar-refractivity contribution in [1.29, 1.82) is 0 Å². The first-order valence-corrected chi connectivity index (χ1v) is 10.3. The number of guanidine groups is 1. The van der Waals surface area contributed by atoms with E-state index in [1.54, 1.807) is 7.05 Å². The molecule has 0 bridgehead atoms. The molecule has 4 aliphatic rings. The van der Waals surface area contributed by atoms with Crippen LogP contribution in [-0.4, -0.2) is 30.8 Å². The topological polar surface area (TPSA) is 60.1 Å². The van der Waals surface area contributed by atoms with Crippen LogP contribution in [0.3, 0.4) is 0 Å². The van der Waals surface area contributed by atoms with Crippen LogP contribution in [0.4, 0.5) is 8.78 Å². The monoisotopic (exact) mass is 401 g/mol. The van der Waals surface area contributed by atoms with Crippen LogP contribution in [0.25, 0.3) is 0 Å². The molecule has 1 heterocycles. The number of rotatable bonds is 2. The number of fused-ring (bicyclic) bond motifs is 3. The molecule has 0 radical (unpaired) electrons. The number of hydrogen-bond acceptors (Lipinski definition) is 5. The summed E-state index contributed by atoms with van der Waals surface area (Å²) >= 11 is 0. The van der Waals surface area contributed by atoms with Crippen molar-refractivity contribution in [2.45, 2.75) is 63.4 Å². The highest BCUT2D eigenvalue weighted by molar-refractivity contribution is 5.79. The van der Waals surface area contributed by atoms with E-state index in [0.717, 1.165) is 17.5 Å². The summed E-state index contributed by atoms with van der Waals surface area (Å²) in [6.07, 6.45) is 5.20. The molecule has 0 aromatic heterocycles. The molecular weight excluding hydrogens is 376 g/mol.